The van der Waals surface area contributed by atoms with Gasteiger partial charge in [0.05, 0.1) is 11.5 Å². The van der Waals surface area contributed by atoms with E-state index in [4.69, 9.17) is 4.74 Å². The summed E-state index contributed by atoms with van der Waals surface area (Å²) < 4.78 is 4.94. The van der Waals surface area contributed by atoms with Gasteiger partial charge in [-0.15, -0.1) is 0 Å². The molecule has 0 aliphatic carbocycles. The van der Waals surface area contributed by atoms with Gasteiger partial charge in [0.2, 0.25) is 0 Å². The molecule has 0 amide bonds. The van der Waals surface area contributed by atoms with Crippen LogP contribution in [0.1, 0.15) is 40.4 Å². The average molecular weight is 328 g/mol. The van der Waals surface area contributed by atoms with Gasteiger partial charge in [-0.05, 0) is 38.0 Å². The van der Waals surface area contributed by atoms with Crippen molar-refractivity contribution in [3.05, 3.63) is 57.4 Å². The Hall–Kier alpha value is -3.09. The third-order valence-electron chi connectivity index (χ3n) is 3.40. The fraction of sp³-hybridized carbons (Fsp3) is 0.235. The van der Waals surface area contributed by atoms with Crippen molar-refractivity contribution in [1.29, 1.82) is 0 Å². The first-order valence-electron chi connectivity index (χ1n) is 7.29. The number of nitro groups is 1. The number of carbonyl (C=O) groups is 2. The molecule has 2 aromatic rings. The van der Waals surface area contributed by atoms with E-state index in [0.717, 1.165) is 0 Å². The molecule has 0 aliphatic rings. The summed E-state index contributed by atoms with van der Waals surface area (Å²) in [5.74, 6) is -0.848. The van der Waals surface area contributed by atoms with Crippen LogP contribution in [0.4, 0.5) is 5.69 Å². The van der Waals surface area contributed by atoms with Gasteiger partial charge in [0.15, 0.2) is 5.78 Å². The summed E-state index contributed by atoms with van der Waals surface area (Å²) in [6, 6.07) is 7.31. The Morgan fingerprint density at radius 2 is 2.00 bits per heavy atom. The van der Waals surface area contributed by atoms with Crippen LogP contribution in [-0.2, 0) is 4.74 Å². The van der Waals surface area contributed by atoms with Crippen molar-refractivity contribution in [1.82, 2.24) is 4.98 Å². The fourth-order valence-electron chi connectivity index (χ4n) is 2.44. The Kier molecular flexibility index (Phi) is 5.03. The Morgan fingerprint density at radius 1 is 1.29 bits per heavy atom. The molecular weight excluding hydrogens is 312 g/mol. The number of ether oxygens (including phenoxy) is 1. The standard InChI is InChI=1S/C17H16N2O5/c1-4-24-17(21)15-9-14(16(11(3)20)10(2)18-15)12-6-5-7-13(8-12)19(22)23/h5-9H,4H2,1-3H3. The van der Waals surface area contributed by atoms with Crippen LogP contribution in [0.3, 0.4) is 0 Å². The van der Waals surface area contributed by atoms with Crippen LogP contribution >= 0.6 is 0 Å². The molecule has 7 heteroatoms. The smallest absolute Gasteiger partial charge is 0.356 e. The molecule has 0 N–H and O–H groups in total. The normalized spacial score (nSPS) is 10.3. The molecule has 0 saturated carbocycles. The van der Waals surface area contributed by atoms with Crippen LogP contribution in [0.5, 0.6) is 0 Å². The lowest BCUT2D eigenvalue weighted by atomic mass is 9.95. The molecule has 7 nitrogen and oxygen atoms in total. The maximum absolute atomic E-state index is 12.0. The minimum atomic E-state index is -0.609. The van der Waals surface area contributed by atoms with Crippen molar-refractivity contribution in [2.24, 2.45) is 0 Å². The molecular formula is C17H16N2O5. The van der Waals surface area contributed by atoms with E-state index in [1.54, 1.807) is 19.9 Å². The molecule has 0 bridgehead atoms. The van der Waals surface area contributed by atoms with E-state index in [1.165, 1.54) is 31.2 Å². The first-order valence-corrected chi connectivity index (χ1v) is 7.29. The summed E-state index contributed by atoms with van der Waals surface area (Å²) in [5, 5.41) is 11.0. The zero-order valence-electron chi connectivity index (χ0n) is 13.5. The number of non-ortho nitro benzene ring substituents is 1. The number of ketones is 1. The van der Waals surface area contributed by atoms with E-state index in [0.29, 0.717) is 22.4 Å². The first-order chi connectivity index (χ1) is 11.3. The van der Waals surface area contributed by atoms with Crippen LogP contribution < -0.4 is 0 Å². The van der Waals surface area contributed by atoms with Crippen LogP contribution in [0.15, 0.2) is 30.3 Å². The SMILES string of the molecule is CCOC(=O)c1cc(-c2cccc([N+](=O)[O-])c2)c(C(C)=O)c(C)n1. The lowest BCUT2D eigenvalue weighted by Gasteiger charge is -2.12. The minimum absolute atomic E-state index is 0.0563. The fourth-order valence-corrected chi connectivity index (χ4v) is 2.44. The monoisotopic (exact) mass is 328 g/mol. The second-order valence-corrected chi connectivity index (χ2v) is 5.10. The number of aryl methyl sites for hydroxylation is 1. The van der Waals surface area contributed by atoms with E-state index in [2.05, 4.69) is 4.98 Å². The second kappa shape index (κ2) is 6.99. The third-order valence-corrected chi connectivity index (χ3v) is 3.40. The number of hydrogen-bond donors (Lipinski definition) is 0. The molecule has 0 atom stereocenters. The topological polar surface area (TPSA) is 99.4 Å². The molecule has 0 radical (unpaired) electrons. The molecule has 0 saturated heterocycles. The maximum Gasteiger partial charge on any atom is 0.356 e. The van der Waals surface area contributed by atoms with E-state index in [-0.39, 0.29) is 23.8 Å². The number of carbonyl (C=O) groups excluding carboxylic acids is 2. The van der Waals surface area contributed by atoms with Crippen molar-refractivity contribution in [2.45, 2.75) is 20.8 Å². The van der Waals surface area contributed by atoms with Gasteiger partial charge in [-0.3, -0.25) is 14.9 Å². The molecule has 0 unspecified atom stereocenters. The van der Waals surface area contributed by atoms with E-state index >= 15 is 0 Å². The van der Waals surface area contributed by atoms with Gasteiger partial charge in [-0.2, -0.15) is 0 Å². The molecule has 0 aliphatic heterocycles. The van der Waals surface area contributed by atoms with Crippen molar-refractivity contribution >= 4 is 17.4 Å². The van der Waals surface area contributed by atoms with Crippen LogP contribution in [0.25, 0.3) is 11.1 Å². The zero-order valence-corrected chi connectivity index (χ0v) is 13.5. The van der Waals surface area contributed by atoms with Crippen molar-refractivity contribution in [3.8, 4) is 11.1 Å². The number of Topliss-reactive ketones (excluding diaryl/α,β-unsaturated/α-hetero) is 1. The number of esters is 1. The number of pyridine rings is 1. The van der Waals surface area contributed by atoms with Gasteiger partial charge in [-0.1, -0.05) is 12.1 Å². The minimum Gasteiger partial charge on any atom is -0.461 e. The van der Waals surface area contributed by atoms with Gasteiger partial charge in [0.25, 0.3) is 5.69 Å². The summed E-state index contributed by atoms with van der Waals surface area (Å²) >= 11 is 0. The Bertz CT molecular complexity index is 830. The van der Waals surface area contributed by atoms with Crippen LogP contribution in [0, 0.1) is 17.0 Å². The largest absolute Gasteiger partial charge is 0.461 e. The van der Waals surface area contributed by atoms with E-state index < -0.39 is 10.9 Å². The Labute approximate surface area is 138 Å². The Balaban J connectivity index is 2.70. The summed E-state index contributed by atoms with van der Waals surface area (Å²) in [4.78, 5) is 38.5. The van der Waals surface area contributed by atoms with Crippen molar-refractivity contribution in [3.63, 3.8) is 0 Å². The predicted molar refractivity (Wildman–Crippen MR) is 87.0 cm³/mol. The summed E-state index contributed by atoms with van der Waals surface area (Å²) in [7, 11) is 0. The van der Waals surface area contributed by atoms with Gasteiger partial charge < -0.3 is 4.74 Å². The third kappa shape index (κ3) is 3.45. The molecule has 0 spiro atoms. The van der Waals surface area contributed by atoms with E-state index in [1.807, 2.05) is 0 Å². The van der Waals surface area contributed by atoms with Gasteiger partial charge in [0, 0.05) is 23.4 Å². The van der Waals surface area contributed by atoms with Gasteiger partial charge in [-0.25, -0.2) is 9.78 Å². The molecule has 1 heterocycles. The van der Waals surface area contributed by atoms with Gasteiger partial charge >= 0.3 is 5.97 Å². The molecule has 2 rings (SSSR count). The quantitative estimate of drug-likeness (QED) is 0.361. The van der Waals surface area contributed by atoms with Crippen molar-refractivity contribution < 1.29 is 19.2 Å². The molecule has 1 aromatic heterocycles. The number of aromatic nitrogens is 1. The lowest BCUT2D eigenvalue weighted by molar-refractivity contribution is -0.384. The van der Waals surface area contributed by atoms with E-state index in [9.17, 15) is 19.7 Å². The summed E-state index contributed by atoms with van der Waals surface area (Å²) in [6.45, 7) is 4.87. The zero-order chi connectivity index (χ0) is 17.9. The maximum atomic E-state index is 12.0. The highest BCUT2D eigenvalue weighted by atomic mass is 16.6. The number of benzene rings is 1. The van der Waals surface area contributed by atoms with Crippen molar-refractivity contribution in [2.75, 3.05) is 6.61 Å². The second-order valence-electron chi connectivity index (χ2n) is 5.10. The molecule has 24 heavy (non-hydrogen) atoms. The highest BCUT2D eigenvalue weighted by molar-refractivity contribution is 6.03. The average Bonchev–Trinajstić information content (AvgIpc) is 2.54. The summed E-state index contributed by atoms with van der Waals surface area (Å²) in [6.07, 6.45) is 0. The number of nitrogens with zero attached hydrogens (tertiary/aromatic N) is 2. The summed E-state index contributed by atoms with van der Waals surface area (Å²) in [5.41, 5.74) is 1.53. The highest BCUT2D eigenvalue weighted by Crippen LogP contribution is 2.29. The molecule has 1 aromatic carbocycles. The van der Waals surface area contributed by atoms with Crippen LogP contribution in [0.2, 0.25) is 0 Å². The highest BCUT2D eigenvalue weighted by Gasteiger charge is 2.20. The first kappa shape index (κ1) is 17.3. The van der Waals surface area contributed by atoms with Crippen LogP contribution in [-0.4, -0.2) is 28.3 Å². The number of rotatable bonds is 5. The van der Waals surface area contributed by atoms with Gasteiger partial charge in [0.1, 0.15) is 5.69 Å². The predicted octanol–water partition coefficient (Wildman–Crippen LogP) is 3.34. The number of hydrogen-bond acceptors (Lipinski definition) is 6. The Morgan fingerprint density at radius 3 is 2.58 bits per heavy atom. The lowest BCUT2D eigenvalue weighted by Crippen LogP contribution is -2.11. The molecule has 124 valence electrons. The number of nitro benzene ring substituents is 1. The molecule has 0 fully saturated rings.